The summed E-state index contributed by atoms with van der Waals surface area (Å²) in [6.07, 6.45) is 2.00. The van der Waals surface area contributed by atoms with E-state index in [1.807, 2.05) is 13.8 Å². The van der Waals surface area contributed by atoms with Crippen molar-refractivity contribution in [1.29, 1.82) is 0 Å². The van der Waals surface area contributed by atoms with Gasteiger partial charge in [-0.05, 0) is 0 Å². The minimum absolute atomic E-state index is 0.0556. The number of rotatable bonds is 0. The van der Waals surface area contributed by atoms with E-state index in [4.69, 9.17) is 5.21 Å². The van der Waals surface area contributed by atoms with Crippen LogP contribution in [0.25, 0.3) is 0 Å². The van der Waals surface area contributed by atoms with E-state index in [0.717, 1.165) is 12.2 Å². The maximum absolute atomic E-state index is 10.2. The van der Waals surface area contributed by atoms with E-state index in [-0.39, 0.29) is 5.06 Å². The standard InChI is InChI=1S/C4H3NO3.C2H6/c6-3-1-2-4(7)5(3)8;1-2/h1-2,8H;1-2H3. The van der Waals surface area contributed by atoms with Gasteiger partial charge >= 0.3 is 0 Å². The lowest BCUT2D eigenvalue weighted by Gasteiger charge is -1.98. The molecule has 0 fully saturated rings. The number of carbonyl (C=O) groups excluding carboxylic acids is 2. The normalized spacial score (nSPS) is 15.3. The third-order valence-corrected chi connectivity index (χ3v) is 0.786. The van der Waals surface area contributed by atoms with E-state index in [1.165, 1.54) is 0 Å². The second kappa shape index (κ2) is 3.79. The highest BCUT2D eigenvalue weighted by Gasteiger charge is 2.20. The Kier molecular flexibility index (Phi) is 3.35. The lowest BCUT2D eigenvalue weighted by molar-refractivity contribution is -0.169. The summed E-state index contributed by atoms with van der Waals surface area (Å²) in [5, 5.41) is 8.39. The minimum Gasteiger partial charge on any atom is -0.278 e. The molecule has 4 nitrogen and oxygen atoms in total. The second-order valence-electron chi connectivity index (χ2n) is 1.32. The molecule has 0 bridgehead atoms. The first-order chi connectivity index (χ1) is 4.72. The number of imide groups is 1. The lowest BCUT2D eigenvalue weighted by atomic mass is 10.6. The molecule has 1 aliphatic heterocycles. The molecule has 0 radical (unpaired) electrons. The molecule has 0 unspecified atom stereocenters. The van der Waals surface area contributed by atoms with Gasteiger partial charge in [0.25, 0.3) is 11.8 Å². The van der Waals surface area contributed by atoms with Crippen LogP contribution in [0.15, 0.2) is 12.2 Å². The summed E-state index contributed by atoms with van der Waals surface area (Å²) in [4.78, 5) is 20.3. The van der Waals surface area contributed by atoms with Crippen LogP contribution < -0.4 is 0 Å². The van der Waals surface area contributed by atoms with Crippen LogP contribution in [0.2, 0.25) is 0 Å². The van der Waals surface area contributed by atoms with Crippen molar-refractivity contribution >= 4 is 11.8 Å². The fourth-order valence-electron chi connectivity index (χ4n) is 0.392. The molecule has 0 aliphatic carbocycles. The van der Waals surface area contributed by atoms with Crippen LogP contribution in [0.5, 0.6) is 0 Å². The number of hydrogen-bond donors (Lipinski definition) is 1. The molecule has 1 N–H and O–H groups in total. The zero-order valence-electron chi connectivity index (χ0n) is 5.87. The van der Waals surface area contributed by atoms with Crippen molar-refractivity contribution in [2.24, 2.45) is 0 Å². The Morgan fingerprint density at radius 2 is 1.50 bits per heavy atom. The van der Waals surface area contributed by atoms with E-state index < -0.39 is 11.8 Å². The smallest absolute Gasteiger partial charge is 0.277 e. The molecular formula is C6H9NO3. The van der Waals surface area contributed by atoms with Gasteiger partial charge in [-0.1, -0.05) is 13.8 Å². The van der Waals surface area contributed by atoms with Gasteiger partial charge in [-0.3, -0.25) is 14.8 Å². The molecule has 10 heavy (non-hydrogen) atoms. The number of hydroxylamine groups is 2. The quantitative estimate of drug-likeness (QED) is 0.392. The van der Waals surface area contributed by atoms with Gasteiger partial charge < -0.3 is 0 Å². The Labute approximate surface area is 58.7 Å². The molecule has 0 saturated carbocycles. The van der Waals surface area contributed by atoms with Gasteiger partial charge in [-0.25, -0.2) is 0 Å². The van der Waals surface area contributed by atoms with Crippen molar-refractivity contribution < 1.29 is 14.8 Å². The molecule has 4 heteroatoms. The molecule has 0 aromatic carbocycles. The van der Waals surface area contributed by atoms with Crippen molar-refractivity contribution in [1.82, 2.24) is 5.06 Å². The van der Waals surface area contributed by atoms with Crippen molar-refractivity contribution in [3.8, 4) is 0 Å². The Morgan fingerprint density at radius 1 is 1.20 bits per heavy atom. The number of carbonyl (C=O) groups is 2. The third kappa shape index (κ3) is 1.66. The van der Waals surface area contributed by atoms with Crippen LogP contribution in [0, 0.1) is 0 Å². The highest BCUT2D eigenvalue weighted by atomic mass is 16.5. The molecule has 0 aromatic heterocycles. The largest absolute Gasteiger partial charge is 0.278 e. The minimum atomic E-state index is -0.685. The molecule has 56 valence electrons. The van der Waals surface area contributed by atoms with Gasteiger partial charge in [0.2, 0.25) is 0 Å². The summed E-state index contributed by atoms with van der Waals surface area (Å²) in [5.41, 5.74) is 0. The topological polar surface area (TPSA) is 57.6 Å². The fraction of sp³-hybridized carbons (Fsp3) is 0.333. The first kappa shape index (κ1) is 8.84. The van der Waals surface area contributed by atoms with E-state index in [2.05, 4.69) is 0 Å². The summed E-state index contributed by atoms with van der Waals surface area (Å²) >= 11 is 0. The molecule has 2 amide bonds. The summed E-state index contributed by atoms with van der Waals surface area (Å²) in [6, 6.07) is 0. The predicted octanol–water partition coefficient (Wildman–Crippen LogP) is 0.327. The average molecular weight is 143 g/mol. The second-order valence-corrected chi connectivity index (χ2v) is 1.32. The zero-order valence-corrected chi connectivity index (χ0v) is 5.87. The van der Waals surface area contributed by atoms with Crippen LogP contribution in [0.4, 0.5) is 0 Å². The maximum Gasteiger partial charge on any atom is 0.277 e. The van der Waals surface area contributed by atoms with Crippen LogP contribution in [-0.2, 0) is 9.59 Å². The van der Waals surface area contributed by atoms with Gasteiger partial charge in [0.05, 0.1) is 0 Å². The summed E-state index contributed by atoms with van der Waals surface area (Å²) in [6.45, 7) is 4.00. The Bertz CT molecular complexity index is 156. The number of nitrogens with zero attached hydrogens (tertiary/aromatic N) is 1. The van der Waals surface area contributed by atoms with Crippen molar-refractivity contribution in [3.63, 3.8) is 0 Å². The van der Waals surface area contributed by atoms with Gasteiger partial charge in [-0.2, -0.15) is 0 Å². The average Bonchev–Trinajstić information content (AvgIpc) is 2.25. The van der Waals surface area contributed by atoms with Gasteiger partial charge in [0, 0.05) is 12.2 Å². The zero-order chi connectivity index (χ0) is 8.15. The van der Waals surface area contributed by atoms with Crippen LogP contribution in [0.1, 0.15) is 13.8 Å². The van der Waals surface area contributed by atoms with E-state index in [1.54, 1.807) is 0 Å². The maximum atomic E-state index is 10.2. The lowest BCUT2D eigenvalue weighted by Crippen LogP contribution is -2.25. The molecule has 0 aromatic rings. The highest BCUT2D eigenvalue weighted by molar-refractivity contribution is 6.11. The fourth-order valence-corrected chi connectivity index (χ4v) is 0.392. The molecule has 1 heterocycles. The summed E-state index contributed by atoms with van der Waals surface area (Å²) < 4.78 is 0. The summed E-state index contributed by atoms with van der Waals surface area (Å²) in [7, 11) is 0. The number of amides is 2. The van der Waals surface area contributed by atoms with E-state index in [9.17, 15) is 9.59 Å². The molecule has 1 rings (SSSR count). The highest BCUT2D eigenvalue weighted by Crippen LogP contribution is 1.96. The molecule has 1 aliphatic rings. The van der Waals surface area contributed by atoms with E-state index >= 15 is 0 Å². The SMILES string of the molecule is CC.O=C1C=CC(=O)N1O. The van der Waals surface area contributed by atoms with E-state index in [0.29, 0.717) is 0 Å². The number of hydrogen-bond acceptors (Lipinski definition) is 3. The Morgan fingerprint density at radius 3 is 1.60 bits per heavy atom. The first-order valence-electron chi connectivity index (χ1n) is 2.97. The van der Waals surface area contributed by atoms with Crippen molar-refractivity contribution in [2.45, 2.75) is 13.8 Å². The van der Waals surface area contributed by atoms with Gasteiger partial charge in [-0.15, -0.1) is 5.06 Å². The summed E-state index contributed by atoms with van der Waals surface area (Å²) in [5.74, 6) is -1.37. The van der Waals surface area contributed by atoms with Gasteiger partial charge in [0.1, 0.15) is 0 Å². The molecule has 0 atom stereocenters. The third-order valence-electron chi connectivity index (χ3n) is 0.786. The van der Waals surface area contributed by atoms with Crippen LogP contribution in [0.3, 0.4) is 0 Å². The van der Waals surface area contributed by atoms with Gasteiger partial charge in [0.15, 0.2) is 0 Å². The van der Waals surface area contributed by atoms with Crippen LogP contribution in [-0.4, -0.2) is 22.1 Å². The van der Waals surface area contributed by atoms with Crippen LogP contribution >= 0.6 is 0 Å². The Balaban J connectivity index is 0.000000371. The molecule has 0 spiro atoms. The Hall–Kier alpha value is -1.16. The van der Waals surface area contributed by atoms with Crippen molar-refractivity contribution in [3.05, 3.63) is 12.2 Å². The molecular weight excluding hydrogens is 134 g/mol. The monoisotopic (exact) mass is 143 g/mol. The molecule has 0 saturated heterocycles. The first-order valence-corrected chi connectivity index (χ1v) is 2.97. The van der Waals surface area contributed by atoms with Crippen molar-refractivity contribution in [2.75, 3.05) is 0 Å². The predicted molar refractivity (Wildman–Crippen MR) is 34.1 cm³/mol.